The summed E-state index contributed by atoms with van der Waals surface area (Å²) in [6.07, 6.45) is 1.82. The van der Waals surface area contributed by atoms with Crippen molar-refractivity contribution in [1.82, 2.24) is 10.3 Å². The fourth-order valence-corrected chi connectivity index (χ4v) is 1.44. The molecular formula is C13H22N2O2. The van der Waals surface area contributed by atoms with E-state index in [0.717, 1.165) is 18.0 Å². The van der Waals surface area contributed by atoms with Crippen LogP contribution in [0.5, 0.6) is 5.75 Å². The molecule has 0 saturated heterocycles. The molecule has 4 heteroatoms. The zero-order chi connectivity index (χ0) is 12.7. The fraction of sp³-hybridized carbons (Fsp3) is 0.615. The number of rotatable bonds is 7. The predicted molar refractivity (Wildman–Crippen MR) is 68.2 cm³/mol. The topological polar surface area (TPSA) is 43.4 Å². The Bertz CT molecular complexity index is 329. The Balaban J connectivity index is 2.53. The summed E-state index contributed by atoms with van der Waals surface area (Å²) in [7, 11) is 1.67. The van der Waals surface area contributed by atoms with E-state index in [1.165, 1.54) is 0 Å². The van der Waals surface area contributed by atoms with E-state index in [-0.39, 0.29) is 6.10 Å². The largest absolute Gasteiger partial charge is 0.488 e. The summed E-state index contributed by atoms with van der Waals surface area (Å²) < 4.78 is 10.7. The highest BCUT2D eigenvalue weighted by Crippen LogP contribution is 2.13. The highest BCUT2D eigenvalue weighted by molar-refractivity contribution is 5.22. The summed E-state index contributed by atoms with van der Waals surface area (Å²) in [4.78, 5) is 4.29. The molecule has 0 radical (unpaired) electrons. The molecule has 0 amide bonds. The van der Waals surface area contributed by atoms with Gasteiger partial charge in [-0.1, -0.05) is 13.8 Å². The lowest BCUT2D eigenvalue weighted by atomic mass is 10.3. The lowest BCUT2D eigenvalue weighted by Gasteiger charge is -2.14. The van der Waals surface area contributed by atoms with Gasteiger partial charge < -0.3 is 14.8 Å². The first-order chi connectivity index (χ1) is 8.11. The van der Waals surface area contributed by atoms with E-state index in [4.69, 9.17) is 9.47 Å². The lowest BCUT2D eigenvalue weighted by molar-refractivity contribution is 0.0919. The van der Waals surface area contributed by atoms with Crippen LogP contribution in [-0.4, -0.2) is 30.8 Å². The molecule has 17 heavy (non-hydrogen) atoms. The van der Waals surface area contributed by atoms with E-state index in [1.807, 2.05) is 19.1 Å². The minimum atomic E-state index is 0.0494. The number of nitrogens with one attached hydrogen (secondary N) is 1. The van der Waals surface area contributed by atoms with Crippen molar-refractivity contribution in [3.8, 4) is 5.75 Å². The second kappa shape index (κ2) is 7.25. The van der Waals surface area contributed by atoms with E-state index >= 15 is 0 Å². The van der Waals surface area contributed by atoms with Crippen molar-refractivity contribution < 1.29 is 9.47 Å². The number of aromatic nitrogens is 1. The molecule has 0 spiro atoms. The molecule has 0 aliphatic rings. The van der Waals surface area contributed by atoms with Gasteiger partial charge in [-0.2, -0.15) is 0 Å². The zero-order valence-electron chi connectivity index (χ0n) is 11.1. The van der Waals surface area contributed by atoms with Gasteiger partial charge in [-0.15, -0.1) is 0 Å². The van der Waals surface area contributed by atoms with Gasteiger partial charge in [0.15, 0.2) is 0 Å². The highest BCUT2D eigenvalue weighted by Gasteiger charge is 2.04. The molecule has 0 aromatic carbocycles. The quantitative estimate of drug-likeness (QED) is 0.789. The highest BCUT2D eigenvalue weighted by atomic mass is 16.5. The van der Waals surface area contributed by atoms with Crippen molar-refractivity contribution >= 4 is 0 Å². The van der Waals surface area contributed by atoms with Crippen LogP contribution >= 0.6 is 0 Å². The zero-order valence-corrected chi connectivity index (χ0v) is 11.1. The van der Waals surface area contributed by atoms with Crippen LogP contribution in [0.3, 0.4) is 0 Å². The van der Waals surface area contributed by atoms with Gasteiger partial charge in [0.2, 0.25) is 0 Å². The van der Waals surface area contributed by atoms with E-state index in [9.17, 15) is 0 Å². The molecule has 0 aliphatic carbocycles. The predicted octanol–water partition coefficient (Wildman–Crippen LogP) is 1.99. The normalized spacial score (nSPS) is 12.8. The maximum Gasteiger partial charge on any atom is 0.123 e. The maximum atomic E-state index is 5.71. The molecule has 1 N–H and O–H groups in total. The minimum absolute atomic E-state index is 0.0494. The first kappa shape index (κ1) is 13.9. The monoisotopic (exact) mass is 238 g/mol. The van der Waals surface area contributed by atoms with Crippen molar-refractivity contribution in [2.75, 3.05) is 13.7 Å². The lowest BCUT2D eigenvalue weighted by Crippen LogP contribution is -2.22. The molecule has 0 saturated carbocycles. The molecule has 4 nitrogen and oxygen atoms in total. The third kappa shape index (κ3) is 5.65. The van der Waals surface area contributed by atoms with Gasteiger partial charge in [-0.05, 0) is 13.0 Å². The summed E-state index contributed by atoms with van der Waals surface area (Å²) in [6.45, 7) is 7.55. The van der Waals surface area contributed by atoms with Gasteiger partial charge in [-0.3, -0.25) is 4.98 Å². The van der Waals surface area contributed by atoms with Crippen LogP contribution in [-0.2, 0) is 11.3 Å². The fourth-order valence-electron chi connectivity index (χ4n) is 1.44. The van der Waals surface area contributed by atoms with Crippen LogP contribution < -0.4 is 10.1 Å². The molecule has 1 aromatic heterocycles. The van der Waals surface area contributed by atoms with Crippen LogP contribution in [0.1, 0.15) is 26.5 Å². The van der Waals surface area contributed by atoms with Gasteiger partial charge in [0.1, 0.15) is 11.9 Å². The van der Waals surface area contributed by atoms with Crippen molar-refractivity contribution in [2.45, 2.75) is 39.5 Å². The van der Waals surface area contributed by atoms with Crippen LogP contribution in [0.4, 0.5) is 0 Å². The SMILES string of the molecule is COCC(C)Oc1ccnc(CNC(C)C)c1. The first-order valence-corrected chi connectivity index (χ1v) is 5.95. The Kier molecular flexibility index (Phi) is 5.94. The molecule has 1 rings (SSSR count). The molecule has 1 unspecified atom stereocenters. The molecule has 96 valence electrons. The first-order valence-electron chi connectivity index (χ1n) is 5.95. The van der Waals surface area contributed by atoms with E-state index in [0.29, 0.717) is 12.6 Å². The van der Waals surface area contributed by atoms with Crippen molar-refractivity contribution in [1.29, 1.82) is 0 Å². The third-order valence-electron chi connectivity index (χ3n) is 2.22. The van der Waals surface area contributed by atoms with Gasteiger partial charge in [0.25, 0.3) is 0 Å². The summed E-state index contributed by atoms with van der Waals surface area (Å²) in [5.74, 6) is 0.838. The third-order valence-corrected chi connectivity index (χ3v) is 2.22. The van der Waals surface area contributed by atoms with Gasteiger partial charge in [0.05, 0.1) is 12.3 Å². The summed E-state index contributed by atoms with van der Waals surface area (Å²) >= 11 is 0. The average molecular weight is 238 g/mol. The Morgan fingerprint density at radius 2 is 2.12 bits per heavy atom. The van der Waals surface area contributed by atoms with Crippen molar-refractivity contribution in [2.24, 2.45) is 0 Å². The molecule has 0 fully saturated rings. The number of hydrogen-bond donors (Lipinski definition) is 1. The molecule has 1 atom stereocenters. The number of methoxy groups -OCH3 is 1. The minimum Gasteiger partial charge on any atom is -0.488 e. The van der Waals surface area contributed by atoms with Crippen LogP contribution in [0, 0.1) is 0 Å². The second-order valence-corrected chi connectivity index (χ2v) is 4.40. The Morgan fingerprint density at radius 3 is 2.76 bits per heavy atom. The maximum absolute atomic E-state index is 5.71. The van der Waals surface area contributed by atoms with E-state index < -0.39 is 0 Å². The summed E-state index contributed by atoms with van der Waals surface area (Å²) in [5, 5.41) is 3.32. The molecule has 1 aromatic rings. The van der Waals surface area contributed by atoms with Crippen molar-refractivity contribution in [3.63, 3.8) is 0 Å². The van der Waals surface area contributed by atoms with Crippen LogP contribution in [0.2, 0.25) is 0 Å². The number of hydrogen-bond acceptors (Lipinski definition) is 4. The smallest absolute Gasteiger partial charge is 0.123 e. The Hall–Kier alpha value is -1.13. The van der Waals surface area contributed by atoms with E-state index in [2.05, 4.69) is 24.1 Å². The van der Waals surface area contributed by atoms with Gasteiger partial charge in [-0.25, -0.2) is 0 Å². The van der Waals surface area contributed by atoms with Gasteiger partial charge >= 0.3 is 0 Å². The Morgan fingerprint density at radius 1 is 1.35 bits per heavy atom. The average Bonchev–Trinajstić information content (AvgIpc) is 2.27. The number of ether oxygens (including phenoxy) is 2. The molecule has 0 aliphatic heterocycles. The van der Waals surface area contributed by atoms with Gasteiger partial charge in [0, 0.05) is 32.0 Å². The standard InChI is InChI=1S/C13H22N2O2/c1-10(2)15-8-12-7-13(5-6-14-12)17-11(3)9-16-4/h5-7,10-11,15H,8-9H2,1-4H3. The van der Waals surface area contributed by atoms with Crippen LogP contribution in [0.25, 0.3) is 0 Å². The summed E-state index contributed by atoms with van der Waals surface area (Å²) in [5.41, 5.74) is 0.987. The molecule has 1 heterocycles. The van der Waals surface area contributed by atoms with Crippen molar-refractivity contribution in [3.05, 3.63) is 24.0 Å². The second-order valence-electron chi connectivity index (χ2n) is 4.40. The Labute approximate surface area is 103 Å². The summed E-state index contributed by atoms with van der Waals surface area (Å²) in [6, 6.07) is 4.28. The molecule has 0 bridgehead atoms. The number of nitrogens with zero attached hydrogens (tertiary/aromatic N) is 1. The number of pyridine rings is 1. The molecular weight excluding hydrogens is 216 g/mol. The van der Waals surface area contributed by atoms with Crippen LogP contribution in [0.15, 0.2) is 18.3 Å². The van der Waals surface area contributed by atoms with E-state index in [1.54, 1.807) is 13.3 Å².